The second-order valence-electron chi connectivity index (χ2n) is 9.60. The van der Waals surface area contributed by atoms with Gasteiger partial charge in [0, 0.05) is 27.5 Å². The van der Waals surface area contributed by atoms with Gasteiger partial charge in [0.25, 0.3) is 0 Å². The molecule has 0 fully saturated rings. The van der Waals surface area contributed by atoms with E-state index in [2.05, 4.69) is 32.1 Å². The zero-order valence-corrected chi connectivity index (χ0v) is 28.7. The lowest BCUT2D eigenvalue weighted by Crippen LogP contribution is -2.02. The third-order valence-electron chi connectivity index (χ3n) is 6.41. The molecule has 0 amide bonds. The van der Waals surface area contributed by atoms with Gasteiger partial charge in [-0.3, -0.25) is 19.2 Å². The molecule has 0 saturated carbocycles. The summed E-state index contributed by atoms with van der Waals surface area (Å²) >= 11 is 2.20. The molecule has 0 aliphatic carbocycles. The maximum atomic E-state index is 11.2. The van der Waals surface area contributed by atoms with Crippen molar-refractivity contribution < 1.29 is 48.0 Å². The van der Waals surface area contributed by atoms with Crippen LogP contribution in [0.15, 0.2) is 84.9 Å². The summed E-state index contributed by atoms with van der Waals surface area (Å²) in [6.07, 6.45) is 3.33. The van der Waals surface area contributed by atoms with Crippen LogP contribution in [0.2, 0.25) is 0 Å². The highest BCUT2D eigenvalue weighted by atomic mass is 127. The fourth-order valence-electron chi connectivity index (χ4n) is 3.83. The molecule has 1 N–H and O–H groups in total. The second-order valence-corrected chi connectivity index (χ2v) is 10.8. The van der Waals surface area contributed by atoms with E-state index in [-0.39, 0.29) is 17.7 Å². The van der Waals surface area contributed by atoms with Crippen LogP contribution in [0.3, 0.4) is 0 Å². The van der Waals surface area contributed by atoms with Gasteiger partial charge in [-0.2, -0.15) is 0 Å². The van der Waals surface area contributed by atoms with Gasteiger partial charge in [0.1, 0.15) is 18.3 Å². The van der Waals surface area contributed by atoms with Crippen LogP contribution in [0.4, 0.5) is 0 Å². The van der Waals surface area contributed by atoms with E-state index in [9.17, 15) is 24.3 Å². The van der Waals surface area contributed by atoms with Crippen LogP contribution in [0.25, 0.3) is 0 Å². The summed E-state index contributed by atoms with van der Waals surface area (Å²) < 4.78 is 26.3. The summed E-state index contributed by atoms with van der Waals surface area (Å²) in [6, 6.07) is 24.8. The van der Waals surface area contributed by atoms with Crippen LogP contribution in [0.5, 0.6) is 28.7 Å². The molecule has 0 unspecified atom stereocenters. The first-order chi connectivity index (χ1) is 22.6. The Morgan fingerprint density at radius 3 is 1.55 bits per heavy atom. The standard InChI is InChI=1S/C18H18O5.C11H14O4.C7H5IO/c1-21-16-9-5-13(6-10-18(20)22-2)11-17(16)23-15-7-3-14(12-19)4-8-15;1-14-10-5-3-8(7-9(10)12)4-6-11(13)15-2;8-7-3-1-6(5-9)2-4-7/h3-5,7-9,11-12H,6,10H2,1-2H3;3,5,7,12H,4,6H2,1-2H3;1-5H. The quantitative estimate of drug-likeness (QED) is 0.0914. The van der Waals surface area contributed by atoms with E-state index < -0.39 is 0 Å². The number of aromatic hydroxyl groups is 1. The third-order valence-corrected chi connectivity index (χ3v) is 7.13. The number of halogens is 1. The molecule has 4 aromatic rings. The number of benzene rings is 4. The van der Waals surface area contributed by atoms with Gasteiger partial charge in [-0.25, -0.2) is 0 Å². The van der Waals surface area contributed by atoms with Gasteiger partial charge < -0.3 is 28.8 Å². The van der Waals surface area contributed by atoms with Crippen molar-refractivity contribution in [3.05, 3.63) is 111 Å². The first-order valence-electron chi connectivity index (χ1n) is 14.3. The number of esters is 2. The smallest absolute Gasteiger partial charge is 0.305 e. The number of ether oxygens (including phenoxy) is 5. The molecule has 248 valence electrons. The minimum Gasteiger partial charge on any atom is -0.504 e. The normalized spacial score (nSPS) is 9.72. The number of hydrogen-bond acceptors (Lipinski definition) is 10. The lowest BCUT2D eigenvalue weighted by atomic mass is 10.1. The van der Waals surface area contributed by atoms with Crippen molar-refractivity contribution in [2.45, 2.75) is 25.7 Å². The molecule has 4 rings (SSSR count). The van der Waals surface area contributed by atoms with Gasteiger partial charge in [-0.15, -0.1) is 0 Å². The number of carbonyl (C=O) groups is 4. The summed E-state index contributed by atoms with van der Waals surface area (Å²) in [5.41, 5.74) is 3.13. The number of hydrogen-bond donors (Lipinski definition) is 1. The Bertz CT molecular complexity index is 1580. The largest absolute Gasteiger partial charge is 0.504 e. The van der Waals surface area contributed by atoms with E-state index in [4.69, 9.17) is 14.2 Å². The van der Waals surface area contributed by atoms with Crippen molar-refractivity contribution in [2.24, 2.45) is 0 Å². The van der Waals surface area contributed by atoms with E-state index >= 15 is 0 Å². The van der Waals surface area contributed by atoms with Gasteiger partial charge in [-0.1, -0.05) is 24.3 Å². The third kappa shape index (κ3) is 13.9. The van der Waals surface area contributed by atoms with Gasteiger partial charge >= 0.3 is 11.9 Å². The van der Waals surface area contributed by atoms with Crippen molar-refractivity contribution in [3.8, 4) is 28.7 Å². The van der Waals surface area contributed by atoms with Crippen LogP contribution in [-0.4, -0.2) is 58.1 Å². The summed E-state index contributed by atoms with van der Waals surface area (Å²) in [5.74, 6) is 1.73. The monoisotopic (exact) mass is 756 g/mol. The van der Waals surface area contributed by atoms with Crippen LogP contribution in [-0.2, 0) is 31.9 Å². The SMILES string of the molecule is COC(=O)CCc1ccc(OC)c(O)c1.COC(=O)CCc1ccc(OC)c(Oc2ccc(C=O)cc2)c1.O=Cc1ccc(I)cc1. The Kier molecular flexibility index (Phi) is 17.1. The fraction of sp³-hybridized carbons (Fsp3) is 0.222. The molecule has 0 aliphatic rings. The molecule has 0 atom stereocenters. The van der Waals surface area contributed by atoms with E-state index in [1.54, 1.807) is 61.7 Å². The highest BCUT2D eigenvalue weighted by Gasteiger charge is 2.09. The second kappa shape index (κ2) is 21.0. The molecule has 47 heavy (non-hydrogen) atoms. The molecule has 0 radical (unpaired) electrons. The van der Waals surface area contributed by atoms with Crippen LogP contribution >= 0.6 is 22.6 Å². The first-order valence-corrected chi connectivity index (χ1v) is 15.3. The van der Waals surface area contributed by atoms with Gasteiger partial charge in [0.2, 0.25) is 0 Å². The first kappa shape index (κ1) is 38.3. The minimum absolute atomic E-state index is 0.0832. The number of methoxy groups -OCH3 is 4. The fourth-order valence-corrected chi connectivity index (χ4v) is 4.19. The van der Waals surface area contributed by atoms with E-state index in [1.165, 1.54) is 21.3 Å². The van der Waals surface area contributed by atoms with Gasteiger partial charge in [0.15, 0.2) is 23.0 Å². The highest BCUT2D eigenvalue weighted by Crippen LogP contribution is 2.33. The molecule has 11 heteroatoms. The van der Waals surface area contributed by atoms with Gasteiger partial charge in [-0.05, 0) is 107 Å². The number of phenolic OH excluding ortho intramolecular Hbond substituents is 1. The predicted octanol–water partition coefficient (Wildman–Crippen LogP) is 7.02. The summed E-state index contributed by atoms with van der Waals surface area (Å²) in [7, 11) is 5.77. The number of rotatable bonds is 12. The van der Waals surface area contributed by atoms with Crippen molar-refractivity contribution in [1.29, 1.82) is 0 Å². The van der Waals surface area contributed by atoms with Crippen LogP contribution in [0.1, 0.15) is 44.7 Å². The van der Waals surface area contributed by atoms with Gasteiger partial charge in [0.05, 0.1) is 28.4 Å². The molecule has 0 heterocycles. The van der Waals surface area contributed by atoms with Crippen LogP contribution in [0, 0.1) is 3.57 Å². The van der Waals surface area contributed by atoms with Crippen LogP contribution < -0.4 is 14.2 Å². The Balaban J connectivity index is 0.000000273. The Morgan fingerprint density at radius 1 is 0.638 bits per heavy atom. The molecule has 0 aliphatic heterocycles. The number of phenols is 1. The molecule has 0 spiro atoms. The molecular weight excluding hydrogens is 719 g/mol. The minimum atomic E-state index is -0.259. The lowest BCUT2D eigenvalue weighted by Gasteiger charge is -2.12. The van der Waals surface area contributed by atoms with Crippen molar-refractivity contribution in [2.75, 3.05) is 28.4 Å². The maximum absolute atomic E-state index is 11.2. The highest BCUT2D eigenvalue weighted by molar-refractivity contribution is 14.1. The predicted molar refractivity (Wildman–Crippen MR) is 185 cm³/mol. The number of aryl methyl sites for hydroxylation is 2. The molecule has 10 nitrogen and oxygen atoms in total. The van der Waals surface area contributed by atoms with Crippen molar-refractivity contribution in [1.82, 2.24) is 0 Å². The molecule has 0 bridgehead atoms. The average Bonchev–Trinajstić information content (AvgIpc) is 3.10. The van der Waals surface area contributed by atoms with Crippen molar-refractivity contribution in [3.63, 3.8) is 0 Å². The average molecular weight is 757 g/mol. The Hall–Kier alpha value is -4.91. The maximum Gasteiger partial charge on any atom is 0.305 e. The molecular formula is C36H37IO10. The van der Waals surface area contributed by atoms with Crippen molar-refractivity contribution >= 4 is 47.1 Å². The summed E-state index contributed by atoms with van der Waals surface area (Å²) in [4.78, 5) is 42.9. The Morgan fingerprint density at radius 2 is 1.11 bits per heavy atom. The zero-order chi connectivity index (χ0) is 34.6. The van der Waals surface area contributed by atoms with E-state index in [1.807, 2.05) is 30.3 Å². The number of aldehydes is 2. The number of carbonyl (C=O) groups excluding carboxylic acids is 4. The Labute approximate surface area is 287 Å². The molecule has 0 aromatic heterocycles. The van der Waals surface area contributed by atoms with E-state index in [0.717, 1.165) is 32.8 Å². The summed E-state index contributed by atoms with van der Waals surface area (Å²) in [6.45, 7) is 0. The van der Waals surface area contributed by atoms with E-state index in [0.29, 0.717) is 54.2 Å². The lowest BCUT2D eigenvalue weighted by molar-refractivity contribution is -0.141. The topological polar surface area (TPSA) is 135 Å². The summed E-state index contributed by atoms with van der Waals surface area (Å²) in [5, 5.41) is 9.47. The molecule has 4 aromatic carbocycles. The zero-order valence-electron chi connectivity index (χ0n) is 26.6. The molecule has 0 saturated heterocycles.